The average Bonchev–Trinajstić information content (AvgIpc) is 2.75. The van der Waals surface area contributed by atoms with Crippen LogP contribution in [0.3, 0.4) is 0 Å². The number of para-hydroxylation sites is 1. The van der Waals surface area contributed by atoms with Gasteiger partial charge in [-0.05, 0) is 37.2 Å². The smallest absolute Gasteiger partial charge is 0.243 e. The number of hydrogen-bond donors (Lipinski definition) is 2. The van der Waals surface area contributed by atoms with E-state index in [2.05, 4.69) is 10.3 Å². The van der Waals surface area contributed by atoms with E-state index >= 15 is 0 Å². The van der Waals surface area contributed by atoms with Crippen molar-refractivity contribution in [3.63, 3.8) is 0 Å². The minimum Gasteiger partial charge on any atom is -0.494 e. The van der Waals surface area contributed by atoms with Crippen LogP contribution in [0.25, 0.3) is 11.0 Å². The molecule has 2 aromatic rings. The highest BCUT2D eigenvalue weighted by molar-refractivity contribution is 7.71. The van der Waals surface area contributed by atoms with E-state index in [-0.39, 0.29) is 11.9 Å². The molecule has 0 spiro atoms. The molecule has 1 aliphatic rings. The molecule has 6 heteroatoms. The van der Waals surface area contributed by atoms with Gasteiger partial charge in [0.25, 0.3) is 0 Å². The third-order valence-electron chi connectivity index (χ3n) is 3.50. The molecule has 1 fully saturated rings. The molecule has 3 rings (SSSR count). The first-order chi connectivity index (χ1) is 9.22. The summed E-state index contributed by atoms with van der Waals surface area (Å²) >= 11 is 5.37. The fraction of sp³-hybridized carbons (Fsp3) is 0.385. The van der Waals surface area contributed by atoms with Gasteiger partial charge < -0.3 is 19.6 Å². The van der Waals surface area contributed by atoms with E-state index in [9.17, 15) is 4.79 Å². The largest absolute Gasteiger partial charge is 0.494 e. The lowest BCUT2D eigenvalue weighted by Crippen LogP contribution is -2.37. The molecule has 1 aromatic heterocycles. The summed E-state index contributed by atoms with van der Waals surface area (Å²) in [6.45, 7) is 0.744. The molecule has 5 nitrogen and oxygen atoms in total. The third-order valence-corrected chi connectivity index (χ3v) is 3.80. The zero-order valence-corrected chi connectivity index (χ0v) is 11.4. The van der Waals surface area contributed by atoms with E-state index in [1.54, 1.807) is 7.11 Å². The highest BCUT2D eigenvalue weighted by atomic mass is 32.1. The highest BCUT2D eigenvalue weighted by Crippen LogP contribution is 2.29. The van der Waals surface area contributed by atoms with Crippen molar-refractivity contribution in [3.05, 3.63) is 23.0 Å². The molecule has 1 aromatic carbocycles. The second kappa shape index (κ2) is 4.70. The number of fused-ring (bicyclic) bond motifs is 1. The van der Waals surface area contributed by atoms with Gasteiger partial charge in [0.2, 0.25) is 5.91 Å². The second-order valence-electron chi connectivity index (χ2n) is 4.60. The summed E-state index contributed by atoms with van der Waals surface area (Å²) in [6.07, 6.45) is 1.78. The van der Waals surface area contributed by atoms with Crippen LogP contribution in [-0.2, 0) is 4.79 Å². The molecular weight excluding hydrogens is 262 g/mol. The Morgan fingerprint density at radius 2 is 2.32 bits per heavy atom. The lowest BCUT2D eigenvalue weighted by Gasteiger charge is -2.23. The molecule has 0 bridgehead atoms. The molecule has 1 atom stereocenters. The van der Waals surface area contributed by atoms with Crippen molar-refractivity contribution in [1.82, 2.24) is 14.9 Å². The molecular formula is C13H15N3O2S. The zero-order chi connectivity index (χ0) is 13.4. The number of aromatic nitrogens is 2. The third kappa shape index (κ3) is 1.92. The Balaban J connectivity index is 2.21. The minimum absolute atomic E-state index is 0.0334. The molecule has 0 radical (unpaired) electrons. The summed E-state index contributed by atoms with van der Waals surface area (Å²) < 4.78 is 7.77. The Morgan fingerprint density at radius 3 is 3.05 bits per heavy atom. The fourth-order valence-corrected chi connectivity index (χ4v) is 2.93. The summed E-state index contributed by atoms with van der Waals surface area (Å²) in [5.74, 6) is 0.768. The van der Waals surface area contributed by atoms with Gasteiger partial charge in [0.1, 0.15) is 17.3 Å². The van der Waals surface area contributed by atoms with E-state index in [1.165, 1.54) is 0 Å². The van der Waals surface area contributed by atoms with E-state index in [4.69, 9.17) is 17.0 Å². The van der Waals surface area contributed by atoms with Crippen molar-refractivity contribution in [2.24, 2.45) is 0 Å². The van der Waals surface area contributed by atoms with Crippen molar-refractivity contribution in [3.8, 4) is 5.75 Å². The summed E-state index contributed by atoms with van der Waals surface area (Å²) in [5, 5.41) is 2.89. The predicted octanol–water partition coefficient (Wildman–Crippen LogP) is 2.16. The first-order valence-corrected chi connectivity index (χ1v) is 6.68. The molecule has 1 unspecified atom stereocenters. The first-order valence-electron chi connectivity index (χ1n) is 6.27. The Labute approximate surface area is 115 Å². The Morgan fingerprint density at radius 1 is 1.47 bits per heavy atom. The second-order valence-corrected chi connectivity index (χ2v) is 4.99. The zero-order valence-electron chi connectivity index (χ0n) is 10.6. The number of methoxy groups -OCH3 is 1. The molecule has 19 heavy (non-hydrogen) atoms. The van der Waals surface area contributed by atoms with Crippen LogP contribution >= 0.6 is 12.2 Å². The van der Waals surface area contributed by atoms with Crippen LogP contribution in [0, 0.1) is 4.77 Å². The number of imidazole rings is 1. The van der Waals surface area contributed by atoms with Gasteiger partial charge in [0.15, 0.2) is 4.77 Å². The minimum atomic E-state index is -0.234. The SMILES string of the molecule is COc1cccc2c1[nH]c(=S)n2C1CCCNC1=O. The van der Waals surface area contributed by atoms with Gasteiger partial charge in [-0.2, -0.15) is 0 Å². The van der Waals surface area contributed by atoms with Gasteiger partial charge in [0.05, 0.1) is 12.6 Å². The monoisotopic (exact) mass is 277 g/mol. The highest BCUT2D eigenvalue weighted by Gasteiger charge is 2.26. The van der Waals surface area contributed by atoms with Crippen molar-refractivity contribution >= 4 is 29.2 Å². The number of carbonyl (C=O) groups excluding carboxylic acids is 1. The summed E-state index contributed by atoms with van der Waals surface area (Å²) in [4.78, 5) is 15.2. The van der Waals surface area contributed by atoms with Crippen molar-refractivity contribution in [2.75, 3.05) is 13.7 Å². The number of hydrogen-bond acceptors (Lipinski definition) is 3. The number of nitrogens with one attached hydrogen (secondary N) is 2. The Hall–Kier alpha value is -1.82. The number of ether oxygens (including phenoxy) is 1. The van der Waals surface area contributed by atoms with E-state index < -0.39 is 0 Å². The maximum absolute atomic E-state index is 12.0. The number of benzene rings is 1. The number of rotatable bonds is 2. The van der Waals surface area contributed by atoms with Crippen LogP contribution in [-0.4, -0.2) is 29.1 Å². The summed E-state index contributed by atoms with van der Waals surface area (Å²) in [6, 6.07) is 5.49. The van der Waals surface area contributed by atoms with E-state index in [0.717, 1.165) is 36.2 Å². The molecule has 1 saturated heterocycles. The van der Waals surface area contributed by atoms with Crippen LogP contribution in [0.2, 0.25) is 0 Å². The number of carbonyl (C=O) groups is 1. The van der Waals surface area contributed by atoms with Gasteiger partial charge in [-0.25, -0.2) is 0 Å². The molecule has 0 aliphatic carbocycles. The molecule has 100 valence electrons. The number of piperidine rings is 1. The quantitative estimate of drug-likeness (QED) is 0.827. The Bertz CT molecular complexity index is 689. The van der Waals surface area contributed by atoms with E-state index in [1.807, 2.05) is 22.8 Å². The normalized spacial score (nSPS) is 19.4. The van der Waals surface area contributed by atoms with Crippen molar-refractivity contribution < 1.29 is 9.53 Å². The number of H-pyrrole nitrogens is 1. The molecule has 1 amide bonds. The molecule has 1 aliphatic heterocycles. The Kier molecular flexibility index (Phi) is 3.02. The van der Waals surface area contributed by atoms with Gasteiger partial charge in [-0.1, -0.05) is 6.07 Å². The van der Waals surface area contributed by atoms with Gasteiger partial charge in [-0.3, -0.25) is 4.79 Å². The molecule has 0 saturated carbocycles. The number of amides is 1. The van der Waals surface area contributed by atoms with Crippen molar-refractivity contribution in [1.29, 1.82) is 0 Å². The van der Waals surface area contributed by atoms with Gasteiger partial charge in [0, 0.05) is 6.54 Å². The van der Waals surface area contributed by atoms with Crippen LogP contribution in [0.5, 0.6) is 5.75 Å². The van der Waals surface area contributed by atoms with E-state index in [0.29, 0.717) is 4.77 Å². The maximum atomic E-state index is 12.0. The molecule has 2 N–H and O–H groups in total. The van der Waals surface area contributed by atoms with Gasteiger partial charge >= 0.3 is 0 Å². The number of nitrogens with zero attached hydrogens (tertiary/aromatic N) is 1. The summed E-state index contributed by atoms with van der Waals surface area (Å²) in [7, 11) is 1.62. The van der Waals surface area contributed by atoms with Crippen LogP contribution in [0.4, 0.5) is 0 Å². The predicted molar refractivity (Wildman–Crippen MR) is 75.0 cm³/mol. The van der Waals surface area contributed by atoms with Gasteiger partial charge in [-0.15, -0.1) is 0 Å². The standard InChI is InChI=1S/C13H15N3O2S/c1-18-10-6-2-4-8-11(10)15-13(19)16(8)9-5-3-7-14-12(9)17/h2,4,6,9H,3,5,7H2,1H3,(H,14,17)(H,15,19). The maximum Gasteiger partial charge on any atom is 0.243 e. The lowest BCUT2D eigenvalue weighted by molar-refractivity contribution is -0.125. The fourth-order valence-electron chi connectivity index (χ4n) is 2.60. The van der Waals surface area contributed by atoms with Crippen LogP contribution in [0.15, 0.2) is 18.2 Å². The van der Waals surface area contributed by atoms with Crippen molar-refractivity contribution in [2.45, 2.75) is 18.9 Å². The van der Waals surface area contributed by atoms with Crippen LogP contribution in [0.1, 0.15) is 18.9 Å². The average molecular weight is 277 g/mol. The molecule has 2 heterocycles. The topological polar surface area (TPSA) is 59.0 Å². The summed E-state index contributed by atoms with van der Waals surface area (Å²) in [5.41, 5.74) is 1.75. The first kappa shape index (κ1) is 12.2. The lowest BCUT2D eigenvalue weighted by atomic mass is 10.1. The number of aromatic amines is 1. The van der Waals surface area contributed by atoms with Crippen LogP contribution < -0.4 is 10.1 Å².